The van der Waals surface area contributed by atoms with Crippen molar-refractivity contribution in [2.24, 2.45) is 0 Å². The van der Waals surface area contributed by atoms with Gasteiger partial charge in [-0.25, -0.2) is 9.97 Å². The van der Waals surface area contributed by atoms with Crippen LogP contribution in [0.2, 0.25) is 0 Å². The van der Waals surface area contributed by atoms with E-state index >= 15 is 0 Å². The third kappa shape index (κ3) is 3.49. The molecule has 2 aromatic carbocycles. The number of rotatable bonds is 6. The molecule has 142 valence electrons. The van der Waals surface area contributed by atoms with Gasteiger partial charge < -0.3 is 14.8 Å². The highest BCUT2D eigenvalue weighted by Crippen LogP contribution is 2.35. The molecule has 0 atom stereocenters. The van der Waals surface area contributed by atoms with Gasteiger partial charge in [0.05, 0.1) is 5.39 Å². The first-order valence-electron chi connectivity index (χ1n) is 9.51. The number of nitrogens with zero attached hydrogens (tertiary/aromatic N) is 4. The third-order valence-corrected chi connectivity index (χ3v) is 4.89. The molecule has 0 spiro atoms. The molecule has 2 heterocycles. The molecule has 0 bridgehead atoms. The van der Waals surface area contributed by atoms with Gasteiger partial charge >= 0.3 is 0 Å². The summed E-state index contributed by atoms with van der Waals surface area (Å²) in [5.41, 5.74) is 5.54. The van der Waals surface area contributed by atoms with Gasteiger partial charge in [0.2, 0.25) is 0 Å². The van der Waals surface area contributed by atoms with Crippen molar-refractivity contribution in [1.29, 1.82) is 0 Å². The molecule has 4 aromatic rings. The Labute approximate surface area is 165 Å². The van der Waals surface area contributed by atoms with Gasteiger partial charge in [-0.15, -0.1) is 0 Å². The molecule has 4 rings (SSSR count). The molecular formula is C23H25N5. The summed E-state index contributed by atoms with van der Waals surface area (Å²) >= 11 is 0. The second-order valence-electron chi connectivity index (χ2n) is 7.22. The molecule has 0 amide bonds. The maximum absolute atomic E-state index is 4.65. The molecule has 5 heteroatoms. The van der Waals surface area contributed by atoms with Crippen molar-refractivity contribution in [3.05, 3.63) is 72.7 Å². The summed E-state index contributed by atoms with van der Waals surface area (Å²) in [4.78, 5) is 11.4. The lowest BCUT2D eigenvalue weighted by molar-refractivity contribution is 0.425. The second kappa shape index (κ2) is 7.82. The minimum absolute atomic E-state index is 0.822. The number of benzene rings is 2. The van der Waals surface area contributed by atoms with Crippen LogP contribution in [0.25, 0.3) is 27.8 Å². The van der Waals surface area contributed by atoms with Crippen LogP contribution in [0, 0.1) is 6.92 Å². The number of anilines is 1. The van der Waals surface area contributed by atoms with Gasteiger partial charge in [0.1, 0.15) is 12.1 Å². The van der Waals surface area contributed by atoms with Crippen molar-refractivity contribution >= 4 is 16.9 Å². The Morgan fingerprint density at radius 2 is 1.71 bits per heavy atom. The Morgan fingerprint density at radius 1 is 0.964 bits per heavy atom. The van der Waals surface area contributed by atoms with Gasteiger partial charge in [-0.2, -0.15) is 0 Å². The third-order valence-electron chi connectivity index (χ3n) is 4.89. The van der Waals surface area contributed by atoms with Gasteiger partial charge in [0.25, 0.3) is 0 Å². The van der Waals surface area contributed by atoms with Crippen LogP contribution in [-0.4, -0.2) is 46.6 Å². The fraction of sp³-hybridized carbons (Fsp3) is 0.217. The van der Waals surface area contributed by atoms with E-state index in [0.717, 1.165) is 46.8 Å². The van der Waals surface area contributed by atoms with Crippen LogP contribution in [0.4, 0.5) is 5.82 Å². The Bertz CT molecular complexity index is 1080. The molecule has 0 radical (unpaired) electrons. The predicted molar refractivity (Wildman–Crippen MR) is 116 cm³/mol. The molecule has 0 aliphatic carbocycles. The second-order valence-corrected chi connectivity index (χ2v) is 7.22. The Morgan fingerprint density at radius 3 is 2.46 bits per heavy atom. The van der Waals surface area contributed by atoms with Crippen LogP contribution >= 0.6 is 0 Å². The maximum atomic E-state index is 4.65. The van der Waals surface area contributed by atoms with Crippen LogP contribution in [-0.2, 0) is 0 Å². The zero-order valence-electron chi connectivity index (χ0n) is 16.6. The zero-order valence-corrected chi connectivity index (χ0v) is 16.6. The standard InChI is InChI=1S/C23H25N5/c1-17-9-7-8-12-20(17)28-15-19(18-10-5-4-6-11-18)21-22(24-13-14-27(2)3)25-16-26-23(21)28/h4-12,15-16H,13-14H2,1-3H3,(H,24,25,26). The summed E-state index contributed by atoms with van der Waals surface area (Å²) in [6.07, 6.45) is 3.82. The number of fused-ring (bicyclic) bond motifs is 1. The van der Waals surface area contributed by atoms with Crippen LogP contribution in [0.1, 0.15) is 5.56 Å². The Hall–Kier alpha value is -3.18. The van der Waals surface area contributed by atoms with Gasteiger partial charge in [-0.3, -0.25) is 0 Å². The lowest BCUT2D eigenvalue weighted by Crippen LogP contribution is -2.21. The van der Waals surface area contributed by atoms with Gasteiger partial charge in [0, 0.05) is 30.5 Å². The highest BCUT2D eigenvalue weighted by Gasteiger charge is 2.17. The lowest BCUT2D eigenvalue weighted by Gasteiger charge is -2.12. The Balaban J connectivity index is 1.92. The van der Waals surface area contributed by atoms with Gasteiger partial charge in [-0.1, -0.05) is 48.5 Å². The summed E-state index contributed by atoms with van der Waals surface area (Å²) in [5, 5.41) is 4.55. The first kappa shape index (κ1) is 18.2. The summed E-state index contributed by atoms with van der Waals surface area (Å²) in [6, 6.07) is 18.8. The van der Waals surface area contributed by atoms with Crippen LogP contribution in [0.5, 0.6) is 0 Å². The number of hydrogen-bond acceptors (Lipinski definition) is 4. The van der Waals surface area contributed by atoms with E-state index in [2.05, 4.69) is 100 Å². The molecule has 28 heavy (non-hydrogen) atoms. The quantitative estimate of drug-likeness (QED) is 0.547. The summed E-state index contributed by atoms with van der Waals surface area (Å²) in [6.45, 7) is 3.88. The topological polar surface area (TPSA) is 46.0 Å². The SMILES string of the molecule is Cc1ccccc1-n1cc(-c2ccccc2)c2c(NCCN(C)C)ncnc21. The van der Waals surface area contributed by atoms with Crippen molar-refractivity contribution in [2.75, 3.05) is 32.5 Å². The molecule has 1 N–H and O–H groups in total. The van der Waals surface area contributed by atoms with Gasteiger partial charge in [-0.05, 0) is 38.2 Å². The number of hydrogen-bond donors (Lipinski definition) is 1. The number of likely N-dealkylation sites (N-methyl/N-ethyl adjacent to an activating group) is 1. The van der Waals surface area contributed by atoms with Crippen molar-refractivity contribution in [3.63, 3.8) is 0 Å². The Kier molecular flexibility index (Phi) is 5.08. The molecular weight excluding hydrogens is 346 g/mol. The van der Waals surface area contributed by atoms with Crippen molar-refractivity contribution in [2.45, 2.75) is 6.92 Å². The van der Waals surface area contributed by atoms with E-state index in [-0.39, 0.29) is 0 Å². The first-order valence-corrected chi connectivity index (χ1v) is 9.51. The number of para-hydroxylation sites is 1. The fourth-order valence-corrected chi connectivity index (χ4v) is 3.45. The number of nitrogens with one attached hydrogen (secondary N) is 1. The first-order chi connectivity index (χ1) is 13.6. The average molecular weight is 371 g/mol. The summed E-state index contributed by atoms with van der Waals surface area (Å²) in [7, 11) is 4.14. The minimum Gasteiger partial charge on any atom is -0.368 e. The zero-order chi connectivity index (χ0) is 19.5. The van der Waals surface area contributed by atoms with E-state index in [1.165, 1.54) is 5.56 Å². The van der Waals surface area contributed by atoms with E-state index in [4.69, 9.17) is 0 Å². The monoisotopic (exact) mass is 371 g/mol. The maximum Gasteiger partial charge on any atom is 0.150 e. The number of aryl methyl sites for hydroxylation is 1. The van der Waals surface area contributed by atoms with Crippen LogP contribution < -0.4 is 5.32 Å². The van der Waals surface area contributed by atoms with Crippen LogP contribution in [0.3, 0.4) is 0 Å². The van der Waals surface area contributed by atoms with E-state index in [1.54, 1.807) is 6.33 Å². The lowest BCUT2D eigenvalue weighted by atomic mass is 10.1. The van der Waals surface area contributed by atoms with Crippen molar-refractivity contribution < 1.29 is 0 Å². The molecule has 0 saturated carbocycles. The largest absolute Gasteiger partial charge is 0.368 e. The van der Waals surface area contributed by atoms with Crippen LogP contribution in [0.15, 0.2) is 67.1 Å². The molecule has 0 fully saturated rings. The van der Waals surface area contributed by atoms with E-state index in [1.807, 2.05) is 6.07 Å². The fourth-order valence-electron chi connectivity index (χ4n) is 3.45. The van der Waals surface area contributed by atoms with Gasteiger partial charge in [0.15, 0.2) is 5.65 Å². The molecule has 0 saturated heterocycles. The highest BCUT2D eigenvalue weighted by atomic mass is 15.1. The molecule has 2 aromatic heterocycles. The van der Waals surface area contributed by atoms with Crippen molar-refractivity contribution in [3.8, 4) is 16.8 Å². The van der Waals surface area contributed by atoms with E-state index < -0.39 is 0 Å². The van der Waals surface area contributed by atoms with E-state index in [9.17, 15) is 0 Å². The molecule has 0 aliphatic heterocycles. The normalized spacial score (nSPS) is 11.3. The average Bonchev–Trinajstić information content (AvgIpc) is 3.09. The minimum atomic E-state index is 0.822. The smallest absolute Gasteiger partial charge is 0.150 e. The predicted octanol–water partition coefficient (Wildman–Crippen LogP) is 4.37. The summed E-state index contributed by atoms with van der Waals surface area (Å²) < 4.78 is 2.17. The van der Waals surface area contributed by atoms with E-state index in [0.29, 0.717) is 0 Å². The van der Waals surface area contributed by atoms with Crippen molar-refractivity contribution in [1.82, 2.24) is 19.4 Å². The molecule has 5 nitrogen and oxygen atoms in total. The molecule has 0 unspecified atom stereocenters. The highest BCUT2D eigenvalue weighted by molar-refractivity contribution is 6.02. The molecule has 0 aliphatic rings. The summed E-state index contributed by atoms with van der Waals surface area (Å²) in [5.74, 6) is 0.873. The number of aromatic nitrogens is 3.